The van der Waals surface area contributed by atoms with Gasteiger partial charge in [0.15, 0.2) is 0 Å². The van der Waals surface area contributed by atoms with Crippen molar-refractivity contribution in [3.05, 3.63) is 29.8 Å². The fourth-order valence-corrected chi connectivity index (χ4v) is 7.54. The highest BCUT2D eigenvalue weighted by Gasteiger charge is 2.34. The molecule has 0 nitrogen and oxygen atoms in total. The summed E-state index contributed by atoms with van der Waals surface area (Å²) < 4.78 is 0. The lowest BCUT2D eigenvalue weighted by atomic mass is 10.2. The van der Waals surface area contributed by atoms with Crippen molar-refractivity contribution in [3.8, 4) is 0 Å². The number of hydrogen-bond donors (Lipinski definition) is 0. The van der Waals surface area contributed by atoms with Gasteiger partial charge in [-0.25, -0.2) is 0 Å². The van der Waals surface area contributed by atoms with Gasteiger partial charge in [0.1, 0.15) is 0 Å². The summed E-state index contributed by atoms with van der Waals surface area (Å²) >= 11 is 0. The van der Waals surface area contributed by atoms with Crippen molar-refractivity contribution < 1.29 is 0 Å². The molecule has 0 radical (unpaired) electrons. The van der Waals surface area contributed by atoms with Gasteiger partial charge in [0.05, 0.1) is 8.07 Å². The molecule has 0 aliphatic heterocycles. The first-order chi connectivity index (χ1) is 8.82. The molecule has 1 aromatic rings. The average molecular weight is 309 g/mol. The van der Waals surface area contributed by atoms with Crippen LogP contribution in [0.15, 0.2) is 24.3 Å². The van der Waals surface area contributed by atoms with Gasteiger partial charge in [0, 0.05) is 0 Å². The molecule has 0 aliphatic rings. The first-order valence-electron chi connectivity index (χ1n) is 7.69. The Morgan fingerprint density at radius 3 is 1.80 bits per heavy atom. The smallest absolute Gasteiger partial charge is 0.0776 e. The van der Waals surface area contributed by atoms with Crippen molar-refractivity contribution in [2.75, 3.05) is 0 Å². The molecule has 1 rings (SSSR count). The third-order valence-corrected chi connectivity index (χ3v) is 9.72. The molecule has 114 valence electrons. The first kappa shape index (κ1) is 17.9. The second-order valence-corrected chi connectivity index (χ2v) is 17.8. The Labute approximate surface area is 129 Å². The van der Waals surface area contributed by atoms with Crippen LogP contribution in [0.5, 0.6) is 0 Å². The first-order valence-corrected chi connectivity index (χ1v) is 12.7. The maximum Gasteiger partial charge on any atom is 0.0776 e. The molecule has 0 spiro atoms. The molecule has 0 N–H and O–H groups in total. The van der Waals surface area contributed by atoms with Crippen molar-refractivity contribution in [1.82, 2.24) is 0 Å². The molecular formula is C18H33PSi. The normalized spacial score (nSPS) is 13.9. The zero-order valence-corrected chi connectivity index (χ0v) is 16.9. The Kier molecular flexibility index (Phi) is 5.31. The van der Waals surface area contributed by atoms with Crippen LogP contribution in [0, 0.1) is 0 Å². The molecule has 0 amide bonds. The van der Waals surface area contributed by atoms with E-state index in [1.807, 2.05) is 0 Å². The van der Waals surface area contributed by atoms with Crippen LogP contribution in [0.25, 0.3) is 0 Å². The van der Waals surface area contributed by atoms with Crippen LogP contribution in [0.3, 0.4) is 0 Å². The van der Waals surface area contributed by atoms with Crippen LogP contribution in [0.4, 0.5) is 0 Å². The maximum atomic E-state index is 2.49. The lowest BCUT2D eigenvalue weighted by molar-refractivity contribution is 0.702. The Morgan fingerprint density at radius 1 is 0.900 bits per heavy atom. The third-order valence-electron chi connectivity index (χ3n) is 3.75. The average Bonchev–Trinajstić information content (AvgIpc) is 2.22. The van der Waals surface area contributed by atoms with Crippen molar-refractivity contribution >= 4 is 21.2 Å². The van der Waals surface area contributed by atoms with Crippen LogP contribution in [0.2, 0.25) is 19.6 Å². The topological polar surface area (TPSA) is 0 Å². The maximum absolute atomic E-state index is 2.49. The van der Waals surface area contributed by atoms with E-state index in [0.717, 1.165) is 0 Å². The highest BCUT2D eigenvalue weighted by atomic mass is 31.1. The summed E-state index contributed by atoms with van der Waals surface area (Å²) in [4.78, 5) is 0. The number of rotatable bonds is 3. The van der Waals surface area contributed by atoms with E-state index in [9.17, 15) is 0 Å². The summed E-state index contributed by atoms with van der Waals surface area (Å²) in [6.07, 6.45) is 1.25. The monoisotopic (exact) mass is 308 g/mol. The minimum Gasteiger partial charge on any atom is -0.0911 e. The SMILES string of the molecule is CC(C)(C)P(Cc1cccc([Si](C)(C)C)c1)C(C)(C)C. The molecule has 0 heterocycles. The summed E-state index contributed by atoms with van der Waals surface area (Å²) in [5.74, 6) is 0. The molecule has 2 heteroatoms. The predicted molar refractivity (Wildman–Crippen MR) is 99.6 cm³/mol. The Hall–Kier alpha value is -0.133. The fraction of sp³-hybridized carbons (Fsp3) is 0.667. The Morgan fingerprint density at radius 2 is 1.40 bits per heavy atom. The fourth-order valence-electron chi connectivity index (χ4n) is 2.80. The third kappa shape index (κ3) is 5.01. The summed E-state index contributed by atoms with van der Waals surface area (Å²) in [5.41, 5.74) is 1.54. The largest absolute Gasteiger partial charge is 0.0911 e. The van der Waals surface area contributed by atoms with E-state index >= 15 is 0 Å². The highest BCUT2D eigenvalue weighted by Crippen LogP contribution is 2.61. The quantitative estimate of drug-likeness (QED) is 0.488. The molecule has 0 fully saturated rings. The summed E-state index contributed by atoms with van der Waals surface area (Å²) in [6.45, 7) is 21.8. The minimum absolute atomic E-state index is 0.0518. The second-order valence-electron chi connectivity index (χ2n) is 8.88. The zero-order valence-electron chi connectivity index (χ0n) is 15.0. The van der Waals surface area contributed by atoms with Gasteiger partial charge in [-0.2, -0.15) is 0 Å². The van der Waals surface area contributed by atoms with Crippen LogP contribution >= 0.6 is 7.92 Å². The van der Waals surface area contributed by atoms with Crippen LogP contribution in [0.1, 0.15) is 47.1 Å². The van der Waals surface area contributed by atoms with E-state index in [1.54, 1.807) is 10.8 Å². The molecule has 0 bridgehead atoms. The molecule has 0 aromatic heterocycles. The molecule has 0 aliphatic carbocycles. The predicted octanol–water partition coefficient (Wildman–Crippen LogP) is 5.81. The lowest BCUT2D eigenvalue weighted by Crippen LogP contribution is -2.37. The summed E-state index contributed by atoms with van der Waals surface area (Å²) in [5, 5.41) is 2.40. The van der Waals surface area contributed by atoms with Gasteiger partial charge in [0.25, 0.3) is 0 Å². The standard InChI is InChI=1S/C18H33PSi/c1-17(2,3)19(18(4,5)6)14-15-11-10-12-16(13-15)20(7,8)9/h10-13H,14H2,1-9H3. The second kappa shape index (κ2) is 5.93. The van der Waals surface area contributed by atoms with Gasteiger partial charge < -0.3 is 0 Å². The zero-order chi connectivity index (χ0) is 15.8. The molecule has 1 aromatic carbocycles. The van der Waals surface area contributed by atoms with Gasteiger partial charge in [-0.15, -0.1) is 0 Å². The lowest BCUT2D eigenvalue weighted by Gasteiger charge is -2.42. The van der Waals surface area contributed by atoms with Gasteiger partial charge in [0.2, 0.25) is 0 Å². The van der Waals surface area contributed by atoms with Crippen LogP contribution < -0.4 is 5.19 Å². The van der Waals surface area contributed by atoms with E-state index in [4.69, 9.17) is 0 Å². The van der Waals surface area contributed by atoms with Crippen LogP contribution in [-0.4, -0.2) is 18.4 Å². The van der Waals surface area contributed by atoms with Crippen molar-refractivity contribution in [1.29, 1.82) is 0 Å². The van der Waals surface area contributed by atoms with E-state index in [0.29, 0.717) is 10.3 Å². The minimum atomic E-state index is -1.20. The van der Waals surface area contributed by atoms with Crippen molar-refractivity contribution in [2.45, 2.75) is 77.7 Å². The van der Waals surface area contributed by atoms with Gasteiger partial charge in [-0.05, 0) is 22.0 Å². The van der Waals surface area contributed by atoms with E-state index in [1.165, 1.54) is 6.16 Å². The van der Waals surface area contributed by atoms with E-state index in [-0.39, 0.29) is 7.92 Å². The molecular weight excluding hydrogens is 275 g/mol. The summed E-state index contributed by atoms with van der Waals surface area (Å²) in [7, 11) is -1.25. The van der Waals surface area contributed by atoms with Gasteiger partial charge in [-0.1, -0.05) is 98.6 Å². The Balaban J connectivity index is 3.08. The number of benzene rings is 1. The van der Waals surface area contributed by atoms with Gasteiger partial charge >= 0.3 is 0 Å². The van der Waals surface area contributed by atoms with Crippen molar-refractivity contribution in [2.24, 2.45) is 0 Å². The molecule has 0 saturated carbocycles. The molecule has 0 atom stereocenters. The van der Waals surface area contributed by atoms with Gasteiger partial charge in [-0.3, -0.25) is 0 Å². The molecule has 0 unspecified atom stereocenters. The molecule has 20 heavy (non-hydrogen) atoms. The summed E-state index contributed by atoms with van der Waals surface area (Å²) in [6, 6.07) is 9.41. The van der Waals surface area contributed by atoms with E-state index in [2.05, 4.69) is 85.4 Å². The van der Waals surface area contributed by atoms with Crippen LogP contribution in [-0.2, 0) is 6.16 Å². The number of hydrogen-bond acceptors (Lipinski definition) is 0. The van der Waals surface area contributed by atoms with Crippen molar-refractivity contribution in [3.63, 3.8) is 0 Å². The highest BCUT2D eigenvalue weighted by molar-refractivity contribution is 7.60. The Bertz CT molecular complexity index is 430. The molecule has 0 saturated heterocycles. The van der Waals surface area contributed by atoms with E-state index < -0.39 is 8.07 Å².